The largest absolute Gasteiger partial charge is 0.435 e. The van der Waals surface area contributed by atoms with Crippen LogP contribution in [0.1, 0.15) is 16.1 Å². The second-order valence-corrected chi connectivity index (χ2v) is 6.18. The predicted octanol–water partition coefficient (Wildman–Crippen LogP) is 5.18. The summed E-state index contributed by atoms with van der Waals surface area (Å²) in [4.78, 5) is 12.0. The van der Waals surface area contributed by atoms with Gasteiger partial charge < -0.3 is 5.32 Å². The number of hydrogen-bond donors (Lipinski definition) is 1. The number of alkyl halides is 3. The second-order valence-electron chi connectivity index (χ2n) is 5.36. The Kier molecular flexibility index (Phi) is 5.01. The van der Waals surface area contributed by atoms with Gasteiger partial charge in [-0.1, -0.05) is 6.07 Å². The normalized spacial score (nSPS) is 11.5. The lowest BCUT2D eigenvalue weighted by Gasteiger charge is -2.08. The Labute approximate surface area is 157 Å². The lowest BCUT2D eigenvalue weighted by atomic mass is 10.2. The van der Waals surface area contributed by atoms with Gasteiger partial charge in [0.05, 0.1) is 11.3 Å². The molecule has 0 aliphatic carbocycles. The molecule has 3 rings (SSSR count). The van der Waals surface area contributed by atoms with Crippen molar-refractivity contribution < 1.29 is 26.7 Å². The van der Waals surface area contributed by atoms with E-state index in [9.17, 15) is 26.7 Å². The first kappa shape index (κ1) is 19.0. The predicted molar refractivity (Wildman–Crippen MR) is 90.6 cm³/mol. The lowest BCUT2D eigenvalue weighted by Crippen LogP contribution is -2.14. The van der Waals surface area contributed by atoms with E-state index in [1.165, 1.54) is 30.3 Å². The molecule has 140 valence electrons. The van der Waals surface area contributed by atoms with Gasteiger partial charge in [0.25, 0.3) is 5.91 Å². The average molecular weight is 446 g/mol. The van der Waals surface area contributed by atoms with Crippen LogP contribution >= 0.6 is 15.9 Å². The number of nitrogens with zero attached hydrogens (tertiary/aromatic N) is 2. The van der Waals surface area contributed by atoms with Crippen molar-refractivity contribution in [3.63, 3.8) is 0 Å². The molecule has 0 spiro atoms. The van der Waals surface area contributed by atoms with Crippen LogP contribution in [0, 0.1) is 11.6 Å². The molecule has 1 N–H and O–H groups in total. The van der Waals surface area contributed by atoms with E-state index in [1.807, 2.05) is 0 Å². The summed E-state index contributed by atoms with van der Waals surface area (Å²) in [5.74, 6) is -3.28. The number of hydrogen-bond acceptors (Lipinski definition) is 2. The molecular formula is C17H9BrF5N3O. The third-order valence-electron chi connectivity index (χ3n) is 3.52. The van der Waals surface area contributed by atoms with Crippen LogP contribution in [-0.2, 0) is 6.18 Å². The highest BCUT2D eigenvalue weighted by Crippen LogP contribution is 2.31. The summed E-state index contributed by atoms with van der Waals surface area (Å²) in [5, 5.41) is 5.86. The molecule has 0 radical (unpaired) electrons. The number of amides is 1. The molecule has 4 nitrogen and oxygen atoms in total. The van der Waals surface area contributed by atoms with E-state index < -0.39 is 35.0 Å². The van der Waals surface area contributed by atoms with Crippen LogP contribution in [0.3, 0.4) is 0 Å². The van der Waals surface area contributed by atoms with Gasteiger partial charge in [-0.25, -0.2) is 13.5 Å². The summed E-state index contributed by atoms with van der Waals surface area (Å²) < 4.78 is 66.1. The summed E-state index contributed by atoms with van der Waals surface area (Å²) in [5.41, 5.74) is -0.990. The first-order valence-corrected chi connectivity index (χ1v) is 8.14. The van der Waals surface area contributed by atoms with Gasteiger partial charge in [0.1, 0.15) is 4.60 Å². The van der Waals surface area contributed by atoms with Crippen LogP contribution in [-0.4, -0.2) is 15.7 Å². The topological polar surface area (TPSA) is 46.9 Å². The van der Waals surface area contributed by atoms with E-state index in [-0.39, 0.29) is 10.3 Å². The molecule has 0 saturated heterocycles. The summed E-state index contributed by atoms with van der Waals surface area (Å²) in [7, 11) is 0. The van der Waals surface area contributed by atoms with Crippen molar-refractivity contribution >= 4 is 27.5 Å². The van der Waals surface area contributed by atoms with Gasteiger partial charge in [0.2, 0.25) is 0 Å². The Hall–Kier alpha value is -2.75. The number of anilines is 1. The van der Waals surface area contributed by atoms with Gasteiger partial charge in [-0.2, -0.15) is 18.3 Å². The number of nitrogens with one attached hydrogen (secondary N) is 1. The van der Waals surface area contributed by atoms with Gasteiger partial charge >= 0.3 is 6.18 Å². The maximum absolute atomic E-state index is 13.6. The van der Waals surface area contributed by atoms with Crippen molar-refractivity contribution in [2.75, 3.05) is 5.32 Å². The maximum atomic E-state index is 13.6. The van der Waals surface area contributed by atoms with Crippen LogP contribution in [0.4, 0.5) is 27.6 Å². The molecule has 10 heteroatoms. The summed E-state index contributed by atoms with van der Waals surface area (Å²) in [6, 6.07) is 9.66. The number of aromatic nitrogens is 2. The first-order chi connectivity index (χ1) is 12.7. The molecule has 0 fully saturated rings. The SMILES string of the molecule is O=C(Nc1ccc(-n2nc(C(F)(F)F)cc2Br)cc1)c1cccc(F)c1F. The van der Waals surface area contributed by atoms with E-state index >= 15 is 0 Å². The first-order valence-electron chi connectivity index (χ1n) is 7.35. The number of halogens is 6. The van der Waals surface area contributed by atoms with E-state index in [0.29, 0.717) is 5.69 Å². The van der Waals surface area contributed by atoms with Gasteiger partial charge in [0, 0.05) is 11.8 Å². The van der Waals surface area contributed by atoms with E-state index in [1.54, 1.807) is 0 Å². The molecule has 2 aromatic carbocycles. The molecule has 0 aliphatic rings. The summed E-state index contributed by atoms with van der Waals surface area (Å²) >= 11 is 3.00. The molecule has 0 unspecified atom stereocenters. The second kappa shape index (κ2) is 7.10. The molecular weight excluding hydrogens is 437 g/mol. The molecule has 1 aromatic heterocycles. The smallest absolute Gasteiger partial charge is 0.322 e. The van der Waals surface area contributed by atoms with Crippen molar-refractivity contribution in [1.29, 1.82) is 0 Å². The fourth-order valence-corrected chi connectivity index (χ4v) is 2.74. The number of carbonyl (C=O) groups excluding carboxylic acids is 1. The molecule has 0 atom stereocenters. The highest BCUT2D eigenvalue weighted by Gasteiger charge is 2.34. The molecule has 0 saturated carbocycles. The van der Waals surface area contributed by atoms with Gasteiger partial charge in [-0.3, -0.25) is 4.79 Å². The van der Waals surface area contributed by atoms with E-state index in [0.717, 1.165) is 22.9 Å². The van der Waals surface area contributed by atoms with E-state index in [2.05, 4.69) is 26.3 Å². The van der Waals surface area contributed by atoms with Gasteiger partial charge in [-0.15, -0.1) is 0 Å². The van der Waals surface area contributed by atoms with E-state index in [4.69, 9.17) is 0 Å². The molecule has 0 aliphatic heterocycles. The van der Waals surface area contributed by atoms with Gasteiger partial charge in [-0.05, 0) is 52.3 Å². The Balaban J connectivity index is 1.81. The molecule has 27 heavy (non-hydrogen) atoms. The van der Waals surface area contributed by atoms with Crippen LogP contribution in [0.5, 0.6) is 0 Å². The number of benzene rings is 2. The van der Waals surface area contributed by atoms with Crippen molar-refractivity contribution in [3.05, 3.63) is 76.0 Å². The van der Waals surface area contributed by atoms with Crippen LogP contribution < -0.4 is 5.32 Å². The minimum atomic E-state index is -4.59. The Bertz CT molecular complexity index is 999. The molecule has 1 amide bonds. The number of rotatable bonds is 3. The standard InChI is InChI=1S/C17H9BrF5N3O/c18-14-8-13(17(21,22)23)25-26(14)10-6-4-9(5-7-10)24-16(27)11-2-1-3-12(19)15(11)20/h1-8H,(H,24,27). The quantitative estimate of drug-likeness (QED) is 0.564. The molecule has 1 heterocycles. The Morgan fingerprint density at radius 3 is 2.33 bits per heavy atom. The van der Waals surface area contributed by atoms with Crippen LogP contribution in [0.25, 0.3) is 5.69 Å². The van der Waals surface area contributed by atoms with Gasteiger partial charge in [0.15, 0.2) is 17.3 Å². The Morgan fingerprint density at radius 1 is 1.07 bits per heavy atom. The third-order valence-corrected chi connectivity index (χ3v) is 4.09. The fraction of sp³-hybridized carbons (Fsp3) is 0.0588. The van der Waals surface area contributed by atoms with Crippen molar-refractivity contribution in [3.8, 4) is 5.69 Å². The molecule has 3 aromatic rings. The zero-order chi connectivity index (χ0) is 19.8. The maximum Gasteiger partial charge on any atom is 0.435 e. The molecule has 0 bridgehead atoms. The lowest BCUT2D eigenvalue weighted by molar-refractivity contribution is -0.141. The minimum absolute atomic E-state index is 0.0912. The Morgan fingerprint density at radius 2 is 1.74 bits per heavy atom. The monoisotopic (exact) mass is 445 g/mol. The highest BCUT2D eigenvalue weighted by atomic mass is 79.9. The third kappa shape index (κ3) is 4.00. The van der Waals surface area contributed by atoms with Crippen LogP contribution in [0.15, 0.2) is 53.1 Å². The highest BCUT2D eigenvalue weighted by molar-refractivity contribution is 9.10. The van der Waals surface area contributed by atoms with Crippen LogP contribution in [0.2, 0.25) is 0 Å². The minimum Gasteiger partial charge on any atom is -0.322 e. The van der Waals surface area contributed by atoms with Crippen molar-refractivity contribution in [2.24, 2.45) is 0 Å². The van der Waals surface area contributed by atoms with Crippen molar-refractivity contribution in [2.45, 2.75) is 6.18 Å². The average Bonchev–Trinajstić information content (AvgIpc) is 3.00. The summed E-state index contributed by atoms with van der Waals surface area (Å²) in [6.45, 7) is 0. The number of carbonyl (C=O) groups is 1. The zero-order valence-corrected chi connectivity index (χ0v) is 14.8. The summed E-state index contributed by atoms with van der Waals surface area (Å²) in [6.07, 6.45) is -4.59. The fourth-order valence-electron chi connectivity index (χ4n) is 2.24. The zero-order valence-electron chi connectivity index (χ0n) is 13.2. The van der Waals surface area contributed by atoms with Crippen molar-refractivity contribution in [1.82, 2.24) is 9.78 Å².